The van der Waals surface area contributed by atoms with Gasteiger partial charge in [0.25, 0.3) is 0 Å². The molecule has 0 spiro atoms. The molecule has 5 heteroatoms. The first kappa shape index (κ1) is 18.4. The minimum Gasteiger partial charge on any atom is -0.488 e. The molecule has 3 aromatic rings. The van der Waals surface area contributed by atoms with Crippen LogP contribution in [0, 0.1) is 6.92 Å². The molecule has 3 heterocycles. The number of aryl methyl sites for hydroxylation is 2. The highest BCUT2D eigenvalue weighted by Gasteiger charge is 2.23. The molecule has 4 rings (SSSR count). The van der Waals surface area contributed by atoms with Crippen molar-refractivity contribution in [3.63, 3.8) is 0 Å². The largest absolute Gasteiger partial charge is 0.488 e. The molecule has 0 bridgehead atoms. The standard InChI is InChI=1S/C23H26N4O/c1-3-18-14-25-23(26-15-18)27-12-9-20(10-13-27)28-22-16-24-11-8-21(22)19-6-4-17(2)5-7-19/h4-8,11,14-16,20H,3,9-10,12-13H2,1-2H3. The predicted molar refractivity (Wildman–Crippen MR) is 112 cm³/mol. The van der Waals surface area contributed by atoms with Gasteiger partial charge in [-0.25, -0.2) is 9.97 Å². The lowest BCUT2D eigenvalue weighted by Gasteiger charge is -2.32. The second-order valence-corrected chi connectivity index (χ2v) is 7.29. The second-order valence-electron chi connectivity index (χ2n) is 7.29. The Morgan fingerprint density at radius 1 is 1.00 bits per heavy atom. The number of anilines is 1. The number of aromatic nitrogens is 3. The Labute approximate surface area is 166 Å². The van der Waals surface area contributed by atoms with Crippen molar-refractivity contribution in [3.8, 4) is 16.9 Å². The van der Waals surface area contributed by atoms with Crippen LogP contribution in [0.2, 0.25) is 0 Å². The molecule has 28 heavy (non-hydrogen) atoms. The maximum Gasteiger partial charge on any atom is 0.225 e. The fourth-order valence-corrected chi connectivity index (χ4v) is 3.49. The highest BCUT2D eigenvalue weighted by Crippen LogP contribution is 2.31. The lowest BCUT2D eigenvalue weighted by molar-refractivity contribution is 0.170. The summed E-state index contributed by atoms with van der Waals surface area (Å²) in [5, 5.41) is 0. The summed E-state index contributed by atoms with van der Waals surface area (Å²) in [5.74, 6) is 1.67. The highest BCUT2D eigenvalue weighted by atomic mass is 16.5. The van der Waals surface area contributed by atoms with Gasteiger partial charge in [-0.3, -0.25) is 4.98 Å². The smallest absolute Gasteiger partial charge is 0.225 e. The SMILES string of the molecule is CCc1cnc(N2CCC(Oc3cnccc3-c3ccc(C)cc3)CC2)nc1. The third kappa shape index (κ3) is 4.14. The number of hydrogen-bond donors (Lipinski definition) is 0. The number of nitrogens with zero attached hydrogens (tertiary/aromatic N) is 4. The Bertz CT molecular complexity index is 901. The van der Waals surface area contributed by atoms with Crippen LogP contribution in [0.1, 0.15) is 30.9 Å². The zero-order valence-corrected chi connectivity index (χ0v) is 16.5. The van der Waals surface area contributed by atoms with E-state index in [1.165, 1.54) is 11.1 Å². The van der Waals surface area contributed by atoms with Crippen LogP contribution < -0.4 is 9.64 Å². The third-order valence-electron chi connectivity index (χ3n) is 5.27. The van der Waals surface area contributed by atoms with E-state index in [1.54, 1.807) is 0 Å². The molecule has 1 aliphatic heterocycles. The first-order chi connectivity index (χ1) is 13.7. The van der Waals surface area contributed by atoms with Crippen LogP contribution in [0.5, 0.6) is 5.75 Å². The van der Waals surface area contributed by atoms with Gasteiger partial charge in [0.15, 0.2) is 0 Å². The predicted octanol–water partition coefficient (Wildman–Crippen LogP) is 4.46. The molecule has 5 nitrogen and oxygen atoms in total. The van der Waals surface area contributed by atoms with Crippen molar-refractivity contribution in [1.29, 1.82) is 0 Å². The molecule has 1 saturated heterocycles. The van der Waals surface area contributed by atoms with E-state index in [0.29, 0.717) is 0 Å². The minimum absolute atomic E-state index is 0.180. The van der Waals surface area contributed by atoms with Gasteiger partial charge in [-0.1, -0.05) is 36.8 Å². The molecule has 1 aliphatic rings. The average molecular weight is 374 g/mol. The maximum absolute atomic E-state index is 6.36. The van der Waals surface area contributed by atoms with E-state index in [9.17, 15) is 0 Å². The van der Waals surface area contributed by atoms with Crippen LogP contribution in [0.15, 0.2) is 55.1 Å². The Kier molecular flexibility index (Phi) is 5.51. The maximum atomic E-state index is 6.36. The van der Waals surface area contributed by atoms with E-state index in [4.69, 9.17) is 4.74 Å². The van der Waals surface area contributed by atoms with E-state index >= 15 is 0 Å². The van der Waals surface area contributed by atoms with Crippen LogP contribution >= 0.6 is 0 Å². The molecule has 1 aromatic carbocycles. The molecule has 2 aromatic heterocycles. The molecule has 0 radical (unpaired) electrons. The summed E-state index contributed by atoms with van der Waals surface area (Å²) in [4.78, 5) is 15.5. The lowest BCUT2D eigenvalue weighted by atomic mass is 10.0. The average Bonchev–Trinajstić information content (AvgIpc) is 2.75. The Hall–Kier alpha value is -2.95. The summed E-state index contributed by atoms with van der Waals surface area (Å²) in [5.41, 5.74) is 4.67. The van der Waals surface area contributed by atoms with E-state index in [2.05, 4.69) is 58.0 Å². The summed E-state index contributed by atoms with van der Waals surface area (Å²) < 4.78 is 6.36. The van der Waals surface area contributed by atoms with Crippen LogP contribution in [0.25, 0.3) is 11.1 Å². The van der Waals surface area contributed by atoms with Gasteiger partial charge in [0.05, 0.1) is 6.20 Å². The Balaban J connectivity index is 1.42. The molecule has 0 atom stereocenters. The van der Waals surface area contributed by atoms with Gasteiger partial charge in [0, 0.05) is 50.1 Å². The number of pyridine rings is 1. The van der Waals surface area contributed by atoms with Gasteiger partial charge < -0.3 is 9.64 Å². The quantitative estimate of drug-likeness (QED) is 0.660. The summed E-state index contributed by atoms with van der Waals surface area (Å²) in [6.45, 7) is 6.01. The number of rotatable bonds is 5. The van der Waals surface area contributed by atoms with Crippen molar-refractivity contribution in [1.82, 2.24) is 15.0 Å². The second kappa shape index (κ2) is 8.38. The molecular weight excluding hydrogens is 348 g/mol. The molecule has 0 saturated carbocycles. The molecular formula is C23H26N4O. The van der Waals surface area contributed by atoms with Crippen molar-refractivity contribution in [2.45, 2.75) is 39.2 Å². The van der Waals surface area contributed by atoms with Crippen molar-refractivity contribution in [3.05, 3.63) is 66.2 Å². The lowest BCUT2D eigenvalue weighted by Crippen LogP contribution is -2.39. The molecule has 0 N–H and O–H groups in total. The van der Waals surface area contributed by atoms with Crippen molar-refractivity contribution in [2.24, 2.45) is 0 Å². The summed E-state index contributed by atoms with van der Waals surface area (Å²) in [6.07, 6.45) is 10.5. The number of ether oxygens (including phenoxy) is 1. The summed E-state index contributed by atoms with van der Waals surface area (Å²) >= 11 is 0. The van der Waals surface area contributed by atoms with E-state index in [0.717, 1.165) is 55.2 Å². The minimum atomic E-state index is 0.180. The monoisotopic (exact) mass is 374 g/mol. The third-order valence-corrected chi connectivity index (χ3v) is 5.27. The van der Waals surface area contributed by atoms with Gasteiger partial charge in [-0.15, -0.1) is 0 Å². The van der Waals surface area contributed by atoms with Gasteiger partial charge in [0.1, 0.15) is 11.9 Å². The molecule has 0 aliphatic carbocycles. The topological polar surface area (TPSA) is 51.1 Å². The van der Waals surface area contributed by atoms with Crippen molar-refractivity contribution >= 4 is 5.95 Å². The van der Waals surface area contributed by atoms with Crippen LogP contribution in [-0.4, -0.2) is 34.1 Å². The molecule has 1 fully saturated rings. The fraction of sp³-hybridized carbons (Fsp3) is 0.348. The highest BCUT2D eigenvalue weighted by molar-refractivity contribution is 5.69. The van der Waals surface area contributed by atoms with E-state index in [1.807, 2.05) is 30.9 Å². The van der Waals surface area contributed by atoms with Crippen LogP contribution in [0.3, 0.4) is 0 Å². The number of benzene rings is 1. The first-order valence-corrected chi connectivity index (χ1v) is 9.96. The van der Waals surface area contributed by atoms with E-state index in [-0.39, 0.29) is 6.10 Å². The van der Waals surface area contributed by atoms with Gasteiger partial charge in [-0.05, 0) is 30.5 Å². The van der Waals surface area contributed by atoms with Crippen LogP contribution in [-0.2, 0) is 6.42 Å². The van der Waals surface area contributed by atoms with Crippen molar-refractivity contribution in [2.75, 3.05) is 18.0 Å². The molecule has 144 valence electrons. The van der Waals surface area contributed by atoms with Crippen molar-refractivity contribution < 1.29 is 4.74 Å². The van der Waals surface area contributed by atoms with Gasteiger partial charge >= 0.3 is 0 Å². The molecule has 0 amide bonds. The summed E-state index contributed by atoms with van der Waals surface area (Å²) in [6, 6.07) is 10.6. The number of hydrogen-bond acceptors (Lipinski definition) is 5. The fourth-order valence-electron chi connectivity index (χ4n) is 3.49. The van der Waals surface area contributed by atoms with Crippen LogP contribution in [0.4, 0.5) is 5.95 Å². The number of piperidine rings is 1. The zero-order chi connectivity index (χ0) is 19.3. The van der Waals surface area contributed by atoms with E-state index < -0.39 is 0 Å². The molecule has 0 unspecified atom stereocenters. The normalized spacial score (nSPS) is 14.9. The Morgan fingerprint density at radius 3 is 2.39 bits per heavy atom. The zero-order valence-electron chi connectivity index (χ0n) is 16.5. The van der Waals surface area contributed by atoms with Gasteiger partial charge in [-0.2, -0.15) is 0 Å². The Morgan fingerprint density at radius 2 is 1.71 bits per heavy atom. The first-order valence-electron chi connectivity index (χ1n) is 9.96. The summed E-state index contributed by atoms with van der Waals surface area (Å²) in [7, 11) is 0. The van der Waals surface area contributed by atoms with Gasteiger partial charge in [0.2, 0.25) is 5.95 Å².